The Kier molecular flexibility index (Phi) is 3.87. The predicted octanol–water partition coefficient (Wildman–Crippen LogP) is 3.40. The summed E-state index contributed by atoms with van der Waals surface area (Å²) < 4.78 is 0. The molecule has 2 nitrogen and oxygen atoms in total. The third-order valence-electron chi connectivity index (χ3n) is 4.84. The lowest BCUT2D eigenvalue weighted by molar-refractivity contribution is 0.0901. The fourth-order valence-electron chi connectivity index (χ4n) is 3.47. The zero-order chi connectivity index (χ0) is 14.2. The van der Waals surface area contributed by atoms with E-state index in [0.717, 1.165) is 5.92 Å². The molecule has 1 aliphatic heterocycles. The molecule has 0 bridgehead atoms. The van der Waals surface area contributed by atoms with Gasteiger partial charge in [-0.3, -0.25) is 4.90 Å². The molecule has 1 aromatic rings. The molecule has 0 amide bonds. The van der Waals surface area contributed by atoms with E-state index in [2.05, 4.69) is 61.3 Å². The first-order valence-corrected chi connectivity index (χ1v) is 8.10. The van der Waals surface area contributed by atoms with Crippen LogP contribution >= 0.6 is 0 Å². The van der Waals surface area contributed by atoms with E-state index in [1.165, 1.54) is 37.9 Å². The first-order chi connectivity index (χ1) is 9.54. The van der Waals surface area contributed by atoms with Gasteiger partial charge in [0, 0.05) is 30.1 Å². The molecular weight excluding hydrogens is 244 g/mol. The van der Waals surface area contributed by atoms with Gasteiger partial charge in [0.2, 0.25) is 0 Å². The molecule has 3 unspecified atom stereocenters. The molecule has 2 heteroatoms. The van der Waals surface area contributed by atoms with Crippen LogP contribution in [0.1, 0.15) is 51.5 Å². The summed E-state index contributed by atoms with van der Waals surface area (Å²) in [6.45, 7) is 9.47. The first kappa shape index (κ1) is 14.1. The highest BCUT2D eigenvalue weighted by atomic mass is 15.2. The molecule has 110 valence electrons. The minimum Gasteiger partial charge on any atom is -0.309 e. The van der Waals surface area contributed by atoms with Crippen LogP contribution in [-0.4, -0.2) is 35.6 Å². The van der Waals surface area contributed by atoms with Gasteiger partial charge >= 0.3 is 0 Å². The normalized spacial score (nSPS) is 31.2. The average Bonchev–Trinajstić information content (AvgIpc) is 3.18. The van der Waals surface area contributed by atoms with Crippen molar-refractivity contribution >= 4 is 0 Å². The number of hydrogen-bond donors (Lipinski definition) is 1. The summed E-state index contributed by atoms with van der Waals surface area (Å²) in [5.41, 5.74) is 1.82. The molecule has 20 heavy (non-hydrogen) atoms. The lowest BCUT2D eigenvalue weighted by atomic mass is 9.98. The Labute approximate surface area is 123 Å². The van der Waals surface area contributed by atoms with E-state index in [1.54, 1.807) is 0 Å². The molecular formula is C18H28N2. The van der Waals surface area contributed by atoms with Crippen molar-refractivity contribution in [1.82, 2.24) is 10.2 Å². The SMILES string of the molecule is CC(C)(C)N1CCCC(NC2CC2c2ccccc2)C1. The molecule has 0 radical (unpaired) electrons. The van der Waals surface area contributed by atoms with E-state index in [9.17, 15) is 0 Å². The van der Waals surface area contributed by atoms with Crippen molar-refractivity contribution in [3.63, 3.8) is 0 Å². The molecule has 2 fully saturated rings. The first-order valence-electron chi connectivity index (χ1n) is 8.10. The van der Waals surface area contributed by atoms with Crippen molar-refractivity contribution in [2.75, 3.05) is 13.1 Å². The number of rotatable bonds is 3. The van der Waals surface area contributed by atoms with Crippen molar-refractivity contribution in [1.29, 1.82) is 0 Å². The Morgan fingerprint density at radius 2 is 1.90 bits per heavy atom. The Hall–Kier alpha value is -0.860. The van der Waals surface area contributed by atoms with Crippen molar-refractivity contribution in [2.24, 2.45) is 0 Å². The molecule has 1 saturated carbocycles. The molecule has 3 rings (SSSR count). The van der Waals surface area contributed by atoms with E-state index < -0.39 is 0 Å². The summed E-state index contributed by atoms with van der Waals surface area (Å²) in [5.74, 6) is 0.751. The zero-order valence-corrected chi connectivity index (χ0v) is 13.1. The molecule has 1 saturated heterocycles. The van der Waals surface area contributed by atoms with Crippen LogP contribution in [0.15, 0.2) is 30.3 Å². The van der Waals surface area contributed by atoms with Crippen LogP contribution in [0.4, 0.5) is 0 Å². The maximum Gasteiger partial charge on any atom is 0.0198 e. The van der Waals surface area contributed by atoms with Gasteiger partial charge in [-0.2, -0.15) is 0 Å². The van der Waals surface area contributed by atoms with Crippen LogP contribution in [0.2, 0.25) is 0 Å². The standard InChI is InChI=1S/C18H28N2/c1-18(2,3)20-11-7-10-15(13-20)19-17-12-16(17)14-8-5-4-6-9-14/h4-6,8-9,15-17,19H,7,10-13H2,1-3H3. The van der Waals surface area contributed by atoms with Gasteiger partial charge < -0.3 is 5.32 Å². The number of benzene rings is 1. The minimum atomic E-state index is 0.308. The predicted molar refractivity (Wildman–Crippen MR) is 85.1 cm³/mol. The highest BCUT2D eigenvalue weighted by Crippen LogP contribution is 2.41. The molecule has 0 aromatic heterocycles. The van der Waals surface area contributed by atoms with E-state index in [0.29, 0.717) is 17.6 Å². The third-order valence-corrected chi connectivity index (χ3v) is 4.84. The smallest absolute Gasteiger partial charge is 0.0198 e. The van der Waals surface area contributed by atoms with Gasteiger partial charge in [0.1, 0.15) is 0 Å². The number of likely N-dealkylation sites (tertiary alicyclic amines) is 1. The van der Waals surface area contributed by atoms with E-state index in [4.69, 9.17) is 0 Å². The van der Waals surface area contributed by atoms with Gasteiger partial charge in [-0.1, -0.05) is 30.3 Å². The molecule has 1 heterocycles. The summed E-state index contributed by atoms with van der Waals surface area (Å²) in [5, 5.41) is 3.90. The Bertz CT molecular complexity index is 434. The molecule has 0 spiro atoms. The summed E-state index contributed by atoms with van der Waals surface area (Å²) in [4.78, 5) is 2.63. The summed E-state index contributed by atoms with van der Waals surface area (Å²) >= 11 is 0. The van der Waals surface area contributed by atoms with Crippen molar-refractivity contribution in [2.45, 2.75) is 63.6 Å². The second kappa shape index (κ2) is 5.50. The average molecular weight is 272 g/mol. The van der Waals surface area contributed by atoms with Crippen molar-refractivity contribution in [3.8, 4) is 0 Å². The minimum absolute atomic E-state index is 0.308. The number of nitrogens with zero attached hydrogens (tertiary/aromatic N) is 1. The number of hydrogen-bond acceptors (Lipinski definition) is 2. The Morgan fingerprint density at radius 3 is 2.60 bits per heavy atom. The highest BCUT2D eigenvalue weighted by molar-refractivity contribution is 5.27. The van der Waals surface area contributed by atoms with E-state index >= 15 is 0 Å². The van der Waals surface area contributed by atoms with Crippen LogP contribution in [0.5, 0.6) is 0 Å². The molecule has 1 N–H and O–H groups in total. The monoisotopic (exact) mass is 272 g/mol. The van der Waals surface area contributed by atoms with Gasteiger partial charge in [-0.15, -0.1) is 0 Å². The topological polar surface area (TPSA) is 15.3 Å². The van der Waals surface area contributed by atoms with Crippen molar-refractivity contribution in [3.05, 3.63) is 35.9 Å². The number of nitrogens with one attached hydrogen (secondary N) is 1. The second-order valence-electron chi connectivity index (χ2n) is 7.48. The van der Waals surface area contributed by atoms with Gasteiger partial charge in [0.25, 0.3) is 0 Å². The van der Waals surface area contributed by atoms with Crippen LogP contribution in [0, 0.1) is 0 Å². The summed E-state index contributed by atoms with van der Waals surface area (Å²) in [6.07, 6.45) is 3.98. The Balaban J connectivity index is 1.52. The van der Waals surface area contributed by atoms with E-state index in [1.807, 2.05) is 0 Å². The highest BCUT2D eigenvalue weighted by Gasteiger charge is 2.40. The van der Waals surface area contributed by atoms with Crippen LogP contribution in [0.3, 0.4) is 0 Å². The largest absolute Gasteiger partial charge is 0.309 e. The van der Waals surface area contributed by atoms with Crippen molar-refractivity contribution < 1.29 is 0 Å². The van der Waals surface area contributed by atoms with Gasteiger partial charge in [0.15, 0.2) is 0 Å². The molecule has 2 aliphatic rings. The van der Waals surface area contributed by atoms with Gasteiger partial charge in [-0.05, 0) is 52.1 Å². The van der Waals surface area contributed by atoms with Crippen LogP contribution in [0.25, 0.3) is 0 Å². The zero-order valence-electron chi connectivity index (χ0n) is 13.1. The van der Waals surface area contributed by atoms with Gasteiger partial charge in [-0.25, -0.2) is 0 Å². The van der Waals surface area contributed by atoms with Gasteiger partial charge in [0.05, 0.1) is 0 Å². The fourth-order valence-corrected chi connectivity index (χ4v) is 3.47. The lowest BCUT2D eigenvalue weighted by Crippen LogP contribution is -2.53. The third kappa shape index (κ3) is 3.24. The Morgan fingerprint density at radius 1 is 1.15 bits per heavy atom. The van der Waals surface area contributed by atoms with Crippen LogP contribution in [-0.2, 0) is 0 Å². The maximum atomic E-state index is 3.90. The summed E-state index contributed by atoms with van der Waals surface area (Å²) in [7, 11) is 0. The maximum absolute atomic E-state index is 3.90. The lowest BCUT2D eigenvalue weighted by Gasteiger charge is -2.42. The van der Waals surface area contributed by atoms with E-state index in [-0.39, 0.29) is 0 Å². The molecule has 1 aliphatic carbocycles. The number of piperidine rings is 1. The molecule has 1 aromatic carbocycles. The van der Waals surface area contributed by atoms with Crippen LogP contribution < -0.4 is 5.32 Å². The fraction of sp³-hybridized carbons (Fsp3) is 0.667. The quantitative estimate of drug-likeness (QED) is 0.907. The second-order valence-corrected chi connectivity index (χ2v) is 7.48. The molecule has 3 atom stereocenters. The summed E-state index contributed by atoms with van der Waals surface area (Å²) in [6, 6.07) is 12.4.